The Morgan fingerprint density at radius 1 is 1.05 bits per heavy atom. The number of carbonyl (C=O) groups is 1. The summed E-state index contributed by atoms with van der Waals surface area (Å²) in [6.07, 6.45) is 0.129. The lowest BCUT2D eigenvalue weighted by Crippen LogP contribution is -2.14. The predicted octanol–water partition coefficient (Wildman–Crippen LogP) is 3.91. The maximum Gasteiger partial charge on any atom is 0.228 e. The topological polar surface area (TPSA) is 29.1 Å². The normalized spacial score (nSPS) is 10.3. The van der Waals surface area contributed by atoms with Crippen LogP contribution in [0, 0.1) is 11.6 Å². The van der Waals surface area contributed by atoms with Crippen LogP contribution < -0.4 is 5.32 Å². The fraction of sp³-hybridized carbons (Fsp3) is 0.0714. The Bertz CT molecular complexity index is 599. The molecular formula is C14H10BrF2NO. The minimum absolute atomic E-state index is 0.129. The van der Waals surface area contributed by atoms with E-state index >= 15 is 0 Å². The molecule has 0 saturated carbocycles. The molecular weight excluding hydrogens is 316 g/mol. The van der Waals surface area contributed by atoms with E-state index < -0.39 is 0 Å². The number of hydrogen-bond acceptors (Lipinski definition) is 1. The second-order valence-corrected chi connectivity index (χ2v) is 4.83. The van der Waals surface area contributed by atoms with Crippen LogP contribution in [0.15, 0.2) is 46.9 Å². The molecule has 0 aliphatic carbocycles. The van der Waals surface area contributed by atoms with E-state index in [0.717, 1.165) is 0 Å². The van der Waals surface area contributed by atoms with Gasteiger partial charge in [-0.15, -0.1) is 0 Å². The van der Waals surface area contributed by atoms with Crippen LogP contribution in [0.3, 0.4) is 0 Å². The summed E-state index contributed by atoms with van der Waals surface area (Å²) in [6.45, 7) is 0. The van der Waals surface area contributed by atoms with Crippen molar-refractivity contribution >= 4 is 27.5 Å². The highest BCUT2D eigenvalue weighted by atomic mass is 79.9. The van der Waals surface area contributed by atoms with Crippen LogP contribution in [0.5, 0.6) is 0 Å². The van der Waals surface area contributed by atoms with Gasteiger partial charge in [-0.05, 0) is 51.8 Å². The summed E-state index contributed by atoms with van der Waals surface area (Å²) in [4.78, 5) is 11.8. The number of halogens is 3. The van der Waals surface area contributed by atoms with Gasteiger partial charge in [0.15, 0.2) is 0 Å². The lowest BCUT2D eigenvalue weighted by molar-refractivity contribution is -0.115. The largest absolute Gasteiger partial charge is 0.325 e. The zero-order valence-corrected chi connectivity index (χ0v) is 11.4. The van der Waals surface area contributed by atoms with Gasteiger partial charge in [0.25, 0.3) is 0 Å². The zero-order valence-electron chi connectivity index (χ0n) is 9.79. The molecule has 0 aromatic heterocycles. The van der Waals surface area contributed by atoms with Gasteiger partial charge in [0, 0.05) is 4.47 Å². The van der Waals surface area contributed by atoms with Crippen LogP contribution in [0.25, 0.3) is 0 Å². The number of anilines is 1. The molecule has 0 unspecified atom stereocenters. The minimum Gasteiger partial charge on any atom is -0.325 e. The molecule has 0 fully saturated rings. The number of benzene rings is 2. The number of nitrogens with one attached hydrogen (secondary N) is 1. The van der Waals surface area contributed by atoms with Gasteiger partial charge >= 0.3 is 0 Å². The van der Waals surface area contributed by atoms with Gasteiger partial charge in [-0.3, -0.25) is 4.79 Å². The van der Waals surface area contributed by atoms with Crippen molar-refractivity contribution in [1.29, 1.82) is 0 Å². The predicted molar refractivity (Wildman–Crippen MR) is 72.8 cm³/mol. The first-order valence-electron chi connectivity index (χ1n) is 5.54. The van der Waals surface area contributed by atoms with Crippen molar-refractivity contribution < 1.29 is 13.6 Å². The molecule has 2 nitrogen and oxygen atoms in total. The van der Waals surface area contributed by atoms with Crippen LogP contribution >= 0.6 is 15.9 Å². The van der Waals surface area contributed by atoms with Gasteiger partial charge in [-0.25, -0.2) is 8.78 Å². The van der Waals surface area contributed by atoms with Crippen LogP contribution in [-0.4, -0.2) is 5.91 Å². The lowest BCUT2D eigenvalue weighted by Gasteiger charge is -2.07. The standard InChI is InChI=1S/C14H10BrF2NO/c15-12-8-11(17)5-6-13(12)18-14(19)7-9-1-3-10(16)4-2-9/h1-6,8H,7H2,(H,18,19). The Morgan fingerprint density at radius 3 is 2.32 bits per heavy atom. The van der Waals surface area contributed by atoms with E-state index in [2.05, 4.69) is 21.2 Å². The quantitative estimate of drug-likeness (QED) is 0.910. The second kappa shape index (κ2) is 5.93. The molecule has 98 valence electrons. The third-order valence-corrected chi connectivity index (χ3v) is 3.14. The van der Waals surface area contributed by atoms with E-state index in [-0.39, 0.29) is 24.0 Å². The molecule has 0 spiro atoms. The second-order valence-electron chi connectivity index (χ2n) is 3.98. The molecule has 1 N–H and O–H groups in total. The molecule has 2 aromatic rings. The molecule has 0 radical (unpaired) electrons. The van der Waals surface area contributed by atoms with Crippen molar-refractivity contribution in [3.8, 4) is 0 Å². The van der Waals surface area contributed by atoms with Crippen LogP contribution in [-0.2, 0) is 11.2 Å². The summed E-state index contributed by atoms with van der Waals surface area (Å²) in [5.74, 6) is -0.979. The zero-order chi connectivity index (χ0) is 13.8. The van der Waals surface area contributed by atoms with E-state index in [1.807, 2.05) is 0 Å². The van der Waals surface area contributed by atoms with Crippen molar-refractivity contribution in [3.05, 3.63) is 64.1 Å². The van der Waals surface area contributed by atoms with Crippen LogP contribution in [0.2, 0.25) is 0 Å². The Morgan fingerprint density at radius 2 is 1.68 bits per heavy atom. The molecule has 2 rings (SSSR count). The van der Waals surface area contributed by atoms with Gasteiger partial charge in [-0.1, -0.05) is 12.1 Å². The number of amides is 1. The Hall–Kier alpha value is -1.75. The SMILES string of the molecule is O=C(Cc1ccc(F)cc1)Nc1ccc(F)cc1Br. The molecule has 0 aliphatic rings. The molecule has 0 atom stereocenters. The van der Waals surface area contributed by atoms with Crippen molar-refractivity contribution in [2.45, 2.75) is 6.42 Å². The molecule has 1 amide bonds. The van der Waals surface area contributed by atoms with Gasteiger partial charge in [-0.2, -0.15) is 0 Å². The fourth-order valence-electron chi connectivity index (χ4n) is 1.57. The summed E-state index contributed by atoms with van der Waals surface area (Å²) in [5.41, 5.74) is 1.20. The molecule has 0 aliphatic heterocycles. The highest BCUT2D eigenvalue weighted by Gasteiger charge is 2.07. The number of hydrogen-bond donors (Lipinski definition) is 1. The fourth-order valence-corrected chi connectivity index (χ4v) is 2.02. The Kier molecular flexibility index (Phi) is 4.27. The van der Waals surface area contributed by atoms with Crippen molar-refractivity contribution in [1.82, 2.24) is 0 Å². The van der Waals surface area contributed by atoms with E-state index in [9.17, 15) is 13.6 Å². The van der Waals surface area contributed by atoms with E-state index in [0.29, 0.717) is 15.7 Å². The average molecular weight is 326 g/mol. The molecule has 0 heterocycles. The van der Waals surface area contributed by atoms with Gasteiger partial charge in [0.1, 0.15) is 11.6 Å². The minimum atomic E-state index is -0.386. The first-order chi connectivity index (χ1) is 9.04. The van der Waals surface area contributed by atoms with Crippen LogP contribution in [0.1, 0.15) is 5.56 Å². The molecule has 19 heavy (non-hydrogen) atoms. The van der Waals surface area contributed by atoms with Gasteiger partial charge < -0.3 is 5.32 Å². The smallest absolute Gasteiger partial charge is 0.228 e. The highest BCUT2D eigenvalue weighted by molar-refractivity contribution is 9.10. The molecule has 5 heteroatoms. The van der Waals surface area contributed by atoms with E-state index in [1.54, 1.807) is 12.1 Å². The Labute approximate surface area is 117 Å². The number of rotatable bonds is 3. The summed E-state index contributed by atoms with van der Waals surface area (Å²) in [6, 6.07) is 9.71. The van der Waals surface area contributed by atoms with Gasteiger partial charge in [0.05, 0.1) is 12.1 Å². The van der Waals surface area contributed by atoms with Gasteiger partial charge in [0.2, 0.25) is 5.91 Å². The third kappa shape index (κ3) is 3.86. The summed E-state index contributed by atoms with van der Waals surface area (Å²) >= 11 is 3.17. The third-order valence-electron chi connectivity index (χ3n) is 2.48. The van der Waals surface area contributed by atoms with Crippen molar-refractivity contribution in [3.63, 3.8) is 0 Å². The number of carbonyl (C=O) groups excluding carboxylic acids is 1. The lowest BCUT2D eigenvalue weighted by atomic mass is 10.1. The monoisotopic (exact) mass is 325 g/mol. The summed E-state index contributed by atoms with van der Waals surface area (Å²) in [5, 5.41) is 2.65. The highest BCUT2D eigenvalue weighted by Crippen LogP contribution is 2.23. The van der Waals surface area contributed by atoms with Crippen molar-refractivity contribution in [2.24, 2.45) is 0 Å². The van der Waals surface area contributed by atoms with E-state index in [4.69, 9.17) is 0 Å². The first kappa shape index (κ1) is 13.7. The summed E-state index contributed by atoms with van der Waals surface area (Å²) < 4.78 is 26.1. The maximum absolute atomic E-state index is 12.9. The van der Waals surface area contributed by atoms with Crippen LogP contribution in [0.4, 0.5) is 14.5 Å². The molecule has 0 saturated heterocycles. The van der Waals surface area contributed by atoms with Crippen molar-refractivity contribution in [2.75, 3.05) is 5.32 Å². The molecule has 2 aromatic carbocycles. The Balaban J connectivity index is 2.03. The molecule has 0 bridgehead atoms. The maximum atomic E-state index is 12.9. The summed E-state index contributed by atoms with van der Waals surface area (Å²) in [7, 11) is 0. The van der Waals surface area contributed by atoms with E-state index in [1.165, 1.54) is 30.3 Å². The average Bonchev–Trinajstić information content (AvgIpc) is 2.36. The first-order valence-corrected chi connectivity index (χ1v) is 6.33.